The molecule has 0 amide bonds. The summed E-state index contributed by atoms with van der Waals surface area (Å²) in [5.41, 5.74) is 0. The third kappa shape index (κ3) is 13.5. The molecule has 0 spiro atoms. The highest BCUT2D eigenvalue weighted by Gasteiger charge is 2.14. The zero-order valence-electron chi connectivity index (χ0n) is 21.1. The molecule has 0 atom stereocenters. The Labute approximate surface area is 189 Å². The van der Waals surface area contributed by atoms with E-state index in [4.69, 9.17) is 0 Å². The average Bonchev–Trinajstić information content (AvgIpc) is 3.15. The third-order valence-corrected chi connectivity index (χ3v) is 6.66. The first-order valence-corrected chi connectivity index (χ1v) is 13.9. The van der Waals surface area contributed by atoms with Crippen molar-refractivity contribution >= 4 is 0 Å². The summed E-state index contributed by atoms with van der Waals surface area (Å²) in [6.07, 6.45) is 32.7. The molecule has 0 saturated carbocycles. The Hall–Kier alpha value is -0.790. The van der Waals surface area contributed by atoms with Crippen molar-refractivity contribution in [2.24, 2.45) is 0 Å². The Bertz CT molecular complexity index is 477. The summed E-state index contributed by atoms with van der Waals surface area (Å²) >= 11 is 0. The van der Waals surface area contributed by atoms with Gasteiger partial charge in [0.25, 0.3) is 5.82 Å². The van der Waals surface area contributed by atoms with Crippen molar-refractivity contribution in [1.29, 1.82) is 0 Å². The molecule has 1 rings (SSSR count). The van der Waals surface area contributed by atoms with E-state index in [2.05, 4.69) is 42.3 Å². The lowest BCUT2D eigenvalue weighted by Gasteiger charge is -2.05. The van der Waals surface area contributed by atoms with Crippen molar-refractivity contribution in [2.75, 3.05) is 0 Å². The first kappa shape index (κ1) is 27.2. The van der Waals surface area contributed by atoms with Crippen LogP contribution in [0.4, 0.5) is 0 Å². The zero-order valence-corrected chi connectivity index (χ0v) is 21.1. The van der Waals surface area contributed by atoms with Gasteiger partial charge >= 0.3 is 0 Å². The summed E-state index contributed by atoms with van der Waals surface area (Å²) < 4.78 is 5.05. The van der Waals surface area contributed by atoms with Gasteiger partial charge < -0.3 is 0 Å². The van der Waals surface area contributed by atoms with Crippen LogP contribution in [0.3, 0.4) is 0 Å². The van der Waals surface area contributed by atoms with Crippen LogP contribution in [0, 0.1) is 0 Å². The molecule has 2 heteroatoms. The Morgan fingerprint density at radius 1 is 0.567 bits per heavy atom. The van der Waals surface area contributed by atoms with Crippen LogP contribution >= 0.6 is 0 Å². The molecule has 2 nitrogen and oxygen atoms in total. The maximum Gasteiger partial charge on any atom is 0.256 e. The predicted octanol–water partition coefficient (Wildman–Crippen LogP) is 8.79. The maximum absolute atomic E-state index is 2.53. The smallest absolute Gasteiger partial charge is 0.234 e. The molecule has 0 unspecified atom stereocenters. The van der Waals surface area contributed by atoms with Gasteiger partial charge in [0.1, 0.15) is 12.4 Å². The van der Waals surface area contributed by atoms with Gasteiger partial charge in [0.05, 0.1) is 13.1 Å². The summed E-state index contributed by atoms with van der Waals surface area (Å²) in [4.78, 5) is 0. The summed E-state index contributed by atoms with van der Waals surface area (Å²) in [6, 6.07) is 0. The van der Waals surface area contributed by atoms with Gasteiger partial charge in [0, 0.05) is 6.42 Å². The molecule has 0 radical (unpaired) electrons. The normalized spacial score (nSPS) is 11.4. The number of aromatic nitrogens is 2. The van der Waals surface area contributed by atoms with Crippen LogP contribution in [0.25, 0.3) is 0 Å². The van der Waals surface area contributed by atoms with E-state index < -0.39 is 0 Å². The second-order valence-corrected chi connectivity index (χ2v) is 9.47. The minimum atomic E-state index is 1.15. The first-order valence-electron chi connectivity index (χ1n) is 13.9. The van der Waals surface area contributed by atoms with Crippen LogP contribution in [-0.4, -0.2) is 4.57 Å². The zero-order chi connectivity index (χ0) is 21.7. The minimum absolute atomic E-state index is 1.15. The molecule has 0 saturated heterocycles. The van der Waals surface area contributed by atoms with E-state index >= 15 is 0 Å². The van der Waals surface area contributed by atoms with Gasteiger partial charge in [-0.25, -0.2) is 9.13 Å². The van der Waals surface area contributed by atoms with Crippen LogP contribution < -0.4 is 4.57 Å². The molecule has 0 aliphatic rings. The number of rotatable bonds is 22. The van der Waals surface area contributed by atoms with E-state index in [1.807, 2.05) is 0 Å². The predicted molar refractivity (Wildman–Crippen MR) is 133 cm³/mol. The van der Waals surface area contributed by atoms with Gasteiger partial charge in [-0.1, -0.05) is 117 Å². The molecular formula is C28H55N2+. The molecule has 0 bridgehead atoms. The van der Waals surface area contributed by atoms with Crippen molar-refractivity contribution in [3.63, 3.8) is 0 Å². The lowest BCUT2D eigenvalue weighted by molar-refractivity contribution is -0.704. The second-order valence-electron chi connectivity index (χ2n) is 9.47. The number of imidazole rings is 1. The minimum Gasteiger partial charge on any atom is -0.234 e. The maximum atomic E-state index is 2.53. The van der Waals surface area contributed by atoms with Crippen LogP contribution in [-0.2, 0) is 19.5 Å². The van der Waals surface area contributed by atoms with Gasteiger partial charge in [0.2, 0.25) is 0 Å². The van der Waals surface area contributed by atoms with Crippen molar-refractivity contribution in [3.8, 4) is 0 Å². The highest BCUT2D eigenvalue weighted by molar-refractivity contribution is 4.83. The highest BCUT2D eigenvalue weighted by Crippen LogP contribution is 2.12. The lowest BCUT2D eigenvalue weighted by atomic mass is 10.1. The molecule has 0 aliphatic heterocycles. The summed E-state index contributed by atoms with van der Waals surface area (Å²) in [6.45, 7) is 9.34. The van der Waals surface area contributed by atoms with Crippen LogP contribution in [0.5, 0.6) is 0 Å². The van der Waals surface area contributed by atoms with Crippen molar-refractivity contribution < 1.29 is 4.57 Å². The molecule has 1 aromatic heterocycles. The molecule has 0 fully saturated rings. The number of aryl methyl sites for hydroxylation is 2. The largest absolute Gasteiger partial charge is 0.256 e. The SMILES string of the molecule is CCCCCCCCCCCCCn1cc[n+](CCCCCCCCCC)c1CC. The van der Waals surface area contributed by atoms with Gasteiger partial charge in [-0.2, -0.15) is 0 Å². The fraction of sp³-hybridized carbons (Fsp3) is 0.893. The summed E-state index contributed by atoms with van der Waals surface area (Å²) in [5, 5.41) is 0. The molecule has 0 aromatic carbocycles. The van der Waals surface area contributed by atoms with Crippen LogP contribution in [0.2, 0.25) is 0 Å². The Morgan fingerprint density at radius 2 is 1.00 bits per heavy atom. The molecule has 1 heterocycles. The number of hydrogen-bond donors (Lipinski definition) is 0. The summed E-state index contributed by atoms with van der Waals surface area (Å²) in [5.74, 6) is 1.53. The molecule has 176 valence electrons. The number of nitrogens with zero attached hydrogens (tertiary/aromatic N) is 2. The van der Waals surface area contributed by atoms with E-state index in [0.717, 1.165) is 6.42 Å². The van der Waals surface area contributed by atoms with E-state index in [9.17, 15) is 0 Å². The van der Waals surface area contributed by atoms with Gasteiger partial charge in [-0.05, 0) is 25.7 Å². The van der Waals surface area contributed by atoms with E-state index in [0.29, 0.717) is 0 Å². The highest BCUT2D eigenvalue weighted by atomic mass is 15.1. The van der Waals surface area contributed by atoms with E-state index in [1.54, 1.807) is 0 Å². The van der Waals surface area contributed by atoms with Gasteiger partial charge in [-0.3, -0.25) is 0 Å². The quantitative estimate of drug-likeness (QED) is 0.131. The Balaban J connectivity index is 2.07. The standard InChI is InChI=1S/C28H55N2/c1-4-7-9-11-13-15-16-17-19-21-23-25-30-27-26-29(28(30)6-3)24-22-20-18-14-12-10-8-5-2/h26-27H,4-25H2,1-3H3/q+1. The summed E-state index contributed by atoms with van der Waals surface area (Å²) in [7, 11) is 0. The van der Waals surface area contributed by atoms with Gasteiger partial charge in [-0.15, -0.1) is 0 Å². The molecule has 30 heavy (non-hydrogen) atoms. The van der Waals surface area contributed by atoms with Crippen molar-refractivity contribution in [1.82, 2.24) is 4.57 Å². The monoisotopic (exact) mass is 419 g/mol. The fourth-order valence-corrected chi connectivity index (χ4v) is 4.67. The second kappa shape index (κ2) is 20.1. The average molecular weight is 420 g/mol. The van der Waals surface area contributed by atoms with Gasteiger partial charge in [0.15, 0.2) is 0 Å². The fourth-order valence-electron chi connectivity index (χ4n) is 4.67. The van der Waals surface area contributed by atoms with E-state index in [1.165, 1.54) is 141 Å². The first-order chi connectivity index (χ1) is 14.8. The van der Waals surface area contributed by atoms with E-state index in [-0.39, 0.29) is 0 Å². The molecule has 0 aliphatic carbocycles. The molecule has 0 N–H and O–H groups in total. The molecule has 1 aromatic rings. The Morgan fingerprint density at radius 3 is 1.47 bits per heavy atom. The van der Waals surface area contributed by atoms with Crippen LogP contribution in [0.1, 0.15) is 149 Å². The number of unbranched alkanes of at least 4 members (excludes halogenated alkanes) is 17. The topological polar surface area (TPSA) is 8.81 Å². The third-order valence-electron chi connectivity index (χ3n) is 6.66. The number of hydrogen-bond acceptors (Lipinski definition) is 0. The van der Waals surface area contributed by atoms with Crippen molar-refractivity contribution in [2.45, 2.75) is 162 Å². The lowest BCUT2D eigenvalue weighted by Crippen LogP contribution is -2.37. The van der Waals surface area contributed by atoms with Crippen molar-refractivity contribution in [3.05, 3.63) is 18.2 Å². The Kier molecular flexibility index (Phi) is 18.3. The van der Waals surface area contributed by atoms with Crippen LogP contribution in [0.15, 0.2) is 12.4 Å². The molecular weight excluding hydrogens is 364 g/mol.